The Hall–Kier alpha value is -2.70. The zero-order valence-electron chi connectivity index (χ0n) is 15.2. The van der Waals surface area contributed by atoms with Gasteiger partial charge < -0.3 is 14.6 Å². The van der Waals surface area contributed by atoms with Gasteiger partial charge in [0.1, 0.15) is 11.5 Å². The smallest absolute Gasteiger partial charge is 0.341 e. The Labute approximate surface area is 172 Å². The van der Waals surface area contributed by atoms with Crippen molar-refractivity contribution in [3.05, 3.63) is 41.4 Å². The van der Waals surface area contributed by atoms with E-state index in [1.54, 1.807) is 0 Å². The van der Waals surface area contributed by atoms with Crippen molar-refractivity contribution in [1.82, 2.24) is 0 Å². The van der Waals surface area contributed by atoms with Crippen LogP contribution in [0.1, 0.15) is 0 Å². The molecule has 0 radical (unpaired) electrons. The van der Waals surface area contributed by atoms with E-state index < -0.39 is 32.6 Å². The second-order valence-corrected chi connectivity index (χ2v) is 9.51. The number of nitrogens with one attached hydrogen (secondary N) is 2. The van der Waals surface area contributed by atoms with Crippen LogP contribution < -0.4 is 18.9 Å². The van der Waals surface area contributed by atoms with Crippen molar-refractivity contribution in [1.29, 1.82) is 0 Å². The fourth-order valence-electron chi connectivity index (χ4n) is 2.16. The molecule has 2 rings (SSSR count). The predicted molar refractivity (Wildman–Crippen MR) is 107 cm³/mol. The SMILES string of the molecule is COc1cc(NS(=O)(=O)c2ccc(OCC(=O)O)c(Cl)c2)ccc1NS(C)(=O)=O. The summed E-state index contributed by atoms with van der Waals surface area (Å²) in [5, 5.41) is 8.53. The van der Waals surface area contributed by atoms with Crippen molar-refractivity contribution in [3.63, 3.8) is 0 Å². The second kappa shape index (κ2) is 8.76. The summed E-state index contributed by atoms with van der Waals surface area (Å²) in [6.07, 6.45) is 0.969. The fourth-order valence-corrected chi connectivity index (χ4v) is 4.10. The summed E-state index contributed by atoms with van der Waals surface area (Å²) < 4.78 is 62.5. The summed E-state index contributed by atoms with van der Waals surface area (Å²) in [5.74, 6) is -1.08. The molecule has 10 nitrogen and oxygen atoms in total. The van der Waals surface area contributed by atoms with E-state index in [1.807, 2.05) is 0 Å². The normalized spacial score (nSPS) is 11.6. The number of rotatable bonds is 9. The van der Waals surface area contributed by atoms with Gasteiger partial charge in [0, 0.05) is 6.07 Å². The van der Waals surface area contributed by atoms with Crippen LogP contribution in [0.4, 0.5) is 11.4 Å². The van der Waals surface area contributed by atoms with Crippen LogP contribution >= 0.6 is 11.6 Å². The Bertz CT molecular complexity index is 1130. The van der Waals surface area contributed by atoms with Crippen molar-refractivity contribution in [2.24, 2.45) is 0 Å². The number of carboxylic acids is 1. The van der Waals surface area contributed by atoms with E-state index in [-0.39, 0.29) is 32.8 Å². The molecule has 0 bridgehead atoms. The first kappa shape index (κ1) is 22.6. The van der Waals surface area contributed by atoms with Gasteiger partial charge in [0.2, 0.25) is 10.0 Å². The summed E-state index contributed by atoms with van der Waals surface area (Å²) in [6.45, 7) is -0.627. The lowest BCUT2D eigenvalue weighted by atomic mass is 10.2. The molecule has 3 N–H and O–H groups in total. The molecule has 0 unspecified atom stereocenters. The van der Waals surface area contributed by atoms with Gasteiger partial charge in [0.15, 0.2) is 6.61 Å². The number of aliphatic carboxylic acids is 1. The van der Waals surface area contributed by atoms with Gasteiger partial charge in [-0.3, -0.25) is 9.44 Å². The molecule has 0 fully saturated rings. The van der Waals surface area contributed by atoms with Crippen LogP contribution in [0.25, 0.3) is 0 Å². The molecule has 29 heavy (non-hydrogen) atoms. The summed E-state index contributed by atoms with van der Waals surface area (Å²) in [5.41, 5.74) is 0.254. The van der Waals surface area contributed by atoms with E-state index in [0.717, 1.165) is 12.3 Å². The number of carbonyl (C=O) groups is 1. The van der Waals surface area contributed by atoms with Crippen LogP contribution in [0.5, 0.6) is 11.5 Å². The maximum atomic E-state index is 12.6. The molecule has 158 valence electrons. The zero-order chi connectivity index (χ0) is 21.8. The molecular formula is C16H17ClN2O8S2. The molecule has 0 aliphatic rings. The third-order valence-electron chi connectivity index (χ3n) is 3.31. The van der Waals surface area contributed by atoms with Crippen molar-refractivity contribution in [2.45, 2.75) is 4.90 Å². The average molecular weight is 465 g/mol. The molecule has 0 aromatic heterocycles. The number of sulfonamides is 2. The molecule has 0 heterocycles. The summed E-state index contributed by atoms with van der Waals surface area (Å²) in [7, 11) is -6.31. The maximum Gasteiger partial charge on any atom is 0.341 e. The van der Waals surface area contributed by atoms with Gasteiger partial charge in [-0.15, -0.1) is 0 Å². The molecule has 2 aromatic carbocycles. The third kappa shape index (κ3) is 6.41. The molecule has 0 amide bonds. The average Bonchev–Trinajstić information content (AvgIpc) is 2.60. The first-order valence-corrected chi connectivity index (χ1v) is 11.5. The van der Waals surface area contributed by atoms with E-state index in [2.05, 4.69) is 9.44 Å². The maximum absolute atomic E-state index is 12.6. The number of hydrogen-bond donors (Lipinski definition) is 3. The second-order valence-electron chi connectivity index (χ2n) is 5.67. The van der Waals surface area contributed by atoms with E-state index in [4.69, 9.17) is 26.2 Å². The topological polar surface area (TPSA) is 148 Å². The van der Waals surface area contributed by atoms with Gasteiger partial charge >= 0.3 is 5.97 Å². The quantitative estimate of drug-likeness (QED) is 0.510. The first-order chi connectivity index (χ1) is 13.4. The number of methoxy groups -OCH3 is 1. The molecule has 0 aliphatic heterocycles. The Kier molecular flexibility index (Phi) is 6.82. The monoisotopic (exact) mass is 464 g/mol. The number of benzene rings is 2. The van der Waals surface area contributed by atoms with Crippen LogP contribution in [0.3, 0.4) is 0 Å². The Balaban J connectivity index is 2.26. The highest BCUT2D eigenvalue weighted by Gasteiger charge is 2.18. The van der Waals surface area contributed by atoms with E-state index in [1.165, 1.54) is 37.4 Å². The summed E-state index contributed by atoms with van der Waals surface area (Å²) >= 11 is 5.96. The number of carboxylic acid groups (broad SMARTS) is 1. The minimum atomic E-state index is -4.06. The molecule has 0 atom stereocenters. The molecule has 2 aromatic rings. The molecule has 0 spiro atoms. The van der Waals surface area contributed by atoms with Crippen LogP contribution in [0.2, 0.25) is 5.02 Å². The number of halogens is 1. The van der Waals surface area contributed by atoms with E-state index in [0.29, 0.717) is 0 Å². The highest BCUT2D eigenvalue weighted by atomic mass is 35.5. The molecule has 0 aliphatic carbocycles. The first-order valence-electron chi connectivity index (χ1n) is 7.74. The molecule has 0 saturated carbocycles. The minimum absolute atomic E-state index is 0.0193. The Morgan fingerprint density at radius 1 is 1.07 bits per heavy atom. The fraction of sp³-hybridized carbons (Fsp3) is 0.188. The number of hydrogen-bond acceptors (Lipinski definition) is 7. The van der Waals surface area contributed by atoms with E-state index in [9.17, 15) is 21.6 Å². The Morgan fingerprint density at radius 2 is 1.76 bits per heavy atom. The van der Waals surface area contributed by atoms with Crippen molar-refractivity contribution in [3.8, 4) is 11.5 Å². The molecular weight excluding hydrogens is 448 g/mol. The highest BCUT2D eigenvalue weighted by Crippen LogP contribution is 2.31. The molecule has 0 saturated heterocycles. The van der Waals surface area contributed by atoms with Gasteiger partial charge in [0.05, 0.1) is 34.7 Å². The summed E-state index contributed by atoms with van der Waals surface area (Å²) in [6, 6.07) is 7.53. The lowest BCUT2D eigenvalue weighted by Gasteiger charge is -2.14. The predicted octanol–water partition coefficient (Wildman–Crippen LogP) is 1.98. The van der Waals surface area contributed by atoms with Crippen LogP contribution in [-0.4, -0.2) is 47.9 Å². The largest absolute Gasteiger partial charge is 0.494 e. The third-order valence-corrected chi connectivity index (χ3v) is 5.58. The van der Waals surface area contributed by atoms with Gasteiger partial charge in [-0.1, -0.05) is 11.6 Å². The molecule has 13 heteroatoms. The van der Waals surface area contributed by atoms with Crippen molar-refractivity contribution >= 4 is 49.0 Å². The van der Waals surface area contributed by atoms with Crippen LogP contribution in [0, 0.1) is 0 Å². The van der Waals surface area contributed by atoms with Gasteiger partial charge in [-0.2, -0.15) is 0 Å². The zero-order valence-corrected chi connectivity index (χ0v) is 17.6. The van der Waals surface area contributed by atoms with Crippen LogP contribution in [-0.2, 0) is 24.8 Å². The standard InChI is InChI=1S/C16H17ClN2O8S2/c1-26-15-7-10(3-5-13(15)19-28(2,22)23)18-29(24,25)11-4-6-14(12(17)8-11)27-9-16(20)21/h3-8,18-19H,9H2,1-2H3,(H,20,21). The minimum Gasteiger partial charge on any atom is -0.494 e. The lowest BCUT2D eigenvalue weighted by Crippen LogP contribution is -2.14. The highest BCUT2D eigenvalue weighted by molar-refractivity contribution is 7.92. The van der Waals surface area contributed by atoms with Gasteiger partial charge in [-0.05, 0) is 30.3 Å². The van der Waals surface area contributed by atoms with Crippen molar-refractivity contribution < 1.29 is 36.2 Å². The Morgan fingerprint density at radius 3 is 2.31 bits per heavy atom. The van der Waals surface area contributed by atoms with E-state index >= 15 is 0 Å². The number of anilines is 2. The summed E-state index contributed by atoms with van der Waals surface area (Å²) in [4.78, 5) is 10.4. The van der Waals surface area contributed by atoms with Gasteiger partial charge in [0.25, 0.3) is 10.0 Å². The van der Waals surface area contributed by atoms with Gasteiger partial charge in [-0.25, -0.2) is 21.6 Å². The lowest BCUT2D eigenvalue weighted by molar-refractivity contribution is -0.139. The van der Waals surface area contributed by atoms with Crippen molar-refractivity contribution in [2.75, 3.05) is 29.4 Å². The number of ether oxygens (including phenoxy) is 2. The van der Waals surface area contributed by atoms with Crippen LogP contribution in [0.15, 0.2) is 41.3 Å².